The van der Waals surface area contributed by atoms with Crippen molar-refractivity contribution in [3.05, 3.63) is 58.1 Å². The monoisotopic (exact) mass is 474 g/mol. The Balaban J connectivity index is 1.62. The van der Waals surface area contributed by atoms with E-state index in [9.17, 15) is 18.5 Å². The van der Waals surface area contributed by atoms with E-state index in [4.69, 9.17) is 4.74 Å². The number of nitro groups is 1. The number of sulfonamides is 1. The van der Waals surface area contributed by atoms with E-state index in [-0.39, 0.29) is 16.3 Å². The van der Waals surface area contributed by atoms with Crippen LogP contribution in [-0.4, -0.2) is 43.6 Å². The lowest BCUT2D eigenvalue weighted by atomic mass is 10.2. The predicted molar refractivity (Wildman–Crippen MR) is 128 cm³/mol. The number of rotatable bonds is 12. The molecule has 2 aromatic rings. The van der Waals surface area contributed by atoms with Crippen LogP contribution in [-0.2, 0) is 10.0 Å². The van der Waals surface area contributed by atoms with Crippen molar-refractivity contribution >= 4 is 27.6 Å². The number of unbranched alkanes of at least 4 members (excludes halogenated alkanes) is 3. The maximum absolute atomic E-state index is 12.7. The highest BCUT2D eigenvalue weighted by atomic mass is 32.2. The van der Waals surface area contributed by atoms with E-state index in [1.807, 2.05) is 24.3 Å². The van der Waals surface area contributed by atoms with Gasteiger partial charge in [-0.05, 0) is 61.2 Å². The number of nitrogens with zero attached hydrogens (tertiary/aromatic N) is 3. The molecule has 33 heavy (non-hydrogen) atoms. The third kappa shape index (κ3) is 6.75. The number of anilines is 1. The fraction of sp³-hybridized carbons (Fsp3) is 0.435. The second kappa shape index (κ2) is 11.8. The van der Waals surface area contributed by atoms with E-state index < -0.39 is 14.9 Å². The summed E-state index contributed by atoms with van der Waals surface area (Å²) in [5.41, 5.74) is 3.20. The molecule has 0 saturated carbocycles. The molecular formula is C23H30N4O5S. The van der Waals surface area contributed by atoms with Crippen LogP contribution in [0.25, 0.3) is 0 Å². The SMILES string of the molecule is CCCCCCOc1ccc(C=NNc2ccc(S(=O)(=O)N3CCCC3)cc2[N+](=O)[O-])cc1. The summed E-state index contributed by atoms with van der Waals surface area (Å²) >= 11 is 0. The van der Waals surface area contributed by atoms with Gasteiger partial charge in [0, 0.05) is 19.2 Å². The minimum Gasteiger partial charge on any atom is -0.494 e. The molecule has 0 bridgehead atoms. The maximum atomic E-state index is 12.7. The lowest BCUT2D eigenvalue weighted by Gasteiger charge is -2.15. The van der Waals surface area contributed by atoms with Crippen molar-refractivity contribution in [3.63, 3.8) is 0 Å². The Morgan fingerprint density at radius 1 is 1.12 bits per heavy atom. The zero-order valence-electron chi connectivity index (χ0n) is 18.8. The lowest BCUT2D eigenvalue weighted by Crippen LogP contribution is -2.27. The smallest absolute Gasteiger partial charge is 0.295 e. The standard InChI is InChI=1S/C23H30N4O5S/c1-2-3-4-7-16-32-20-10-8-19(9-11-20)18-24-25-22-13-12-21(17-23(22)27(28)29)33(30,31)26-14-5-6-15-26/h8-13,17-18,25H,2-7,14-16H2,1H3. The van der Waals surface area contributed by atoms with Crippen LogP contribution in [0.15, 0.2) is 52.5 Å². The molecule has 1 heterocycles. The molecule has 178 valence electrons. The van der Waals surface area contributed by atoms with Gasteiger partial charge in [-0.1, -0.05) is 26.2 Å². The summed E-state index contributed by atoms with van der Waals surface area (Å²) < 4.78 is 32.5. The van der Waals surface area contributed by atoms with Crippen LogP contribution in [0.1, 0.15) is 51.0 Å². The molecule has 1 aliphatic heterocycles. The lowest BCUT2D eigenvalue weighted by molar-refractivity contribution is -0.384. The molecule has 9 nitrogen and oxygen atoms in total. The Hall–Kier alpha value is -2.98. The van der Waals surface area contributed by atoms with E-state index in [0.717, 1.165) is 43.1 Å². The molecule has 3 rings (SSSR count). The van der Waals surface area contributed by atoms with E-state index in [2.05, 4.69) is 17.5 Å². The molecule has 1 fully saturated rings. The third-order valence-electron chi connectivity index (χ3n) is 5.41. The van der Waals surface area contributed by atoms with E-state index in [0.29, 0.717) is 19.7 Å². The summed E-state index contributed by atoms with van der Waals surface area (Å²) in [4.78, 5) is 10.8. The molecular weight excluding hydrogens is 444 g/mol. The molecule has 1 N–H and O–H groups in total. The summed E-state index contributed by atoms with van der Waals surface area (Å²) in [5, 5.41) is 15.6. The molecule has 0 aliphatic carbocycles. The number of hydrogen-bond donors (Lipinski definition) is 1. The highest BCUT2D eigenvalue weighted by Gasteiger charge is 2.29. The normalized spacial score (nSPS) is 14.6. The van der Waals surface area contributed by atoms with Crippen molar-refractivity contribution in [2.75, 3.05) is 25.1 Å². The average Bonchev–Trinajstić information content (AvgIpc) is 3.36. The fourth-order valence-electron chi connectivity index (χ4n) is 3.54. The predicted octanol–water partition coefficient (Wildman–Crippen LogP) is 4.78. The number of hydrazone groups is 1. The second-order valence-electron chi connectivity index (χ2n) is 7.90. The highest BCUT2D eigenvalue weighted by Crippen LogP contribution is 2.30. The van der Waals surface area contributed by atoms with Crippen LogP contribution in [0, 0.1) is 10.1 Å². The van der Waals surface area contributed by atoms with Gasteiger partial charge in [-0.15, -0.1) is 0 Å². The van der Waals surface area contributed by atoms with Crippen molar-refractivity contribution in [1.82, 2.24) is 4.31 Å². The summed E-state index contributed by atoms with van der Waals surface area (Å²) in [6.45, 7) is 3.72. The quantitative estimate of drug-likeness (QED) is 0.205. The fourth-order valence-corrected chi connectivity index (χ4v) is 5.08. The van der Waals surface area contributed by atoms with Gasteiger partial charge >= 0.3 is 0 Å². The molecule has 0 unspecified atom stereocenters. The van der Waals surface area contributed by atoms with E-state index in [1.54, 1.807) is 0 Å². The first-order valence-corrected chi connectivity index (χ1v) is 12.7. The zero-order valence-corrected chi connectivity index (χ0v) is 19.6. The van der Waals surface area contributed by atoms with Crippen LogP contribution in [0.3, 0.4) is 0 Å². The molecule has 0 amide bonds. The van der Waals surface area contributed by atoms with Crippen molar-refractivity contribution < 1.29 is 18.1 Å². The van der Waals surface area contributed by atoms with Gasteiger partial charge in [-0.2, -0.15) is 9.41 Å². The van der Waals surface area contributed by atoms with Gasteiger partial charge in [-0.3, -0.25) is 15.5 Å². The minimum atomic E-state index is -3.74. The average molecular weight is 475 g/mol. The largest absolute Gasteiger partial charge is 0.494 e. The van der Waals surface area contributed by atoms with Crippen molar-refractivity contribution in [3.8, 4) is 5.75 Å². The Labute approximate surface area is 194 Å². The number of benzene rings is 2. The van der Waals surface area contributed by atoms with Crippen LogP contribution >= 0.6 is 0 Å². The molecule has 0 atom stereocenters. The van der Waals surface area contributed by atoms with E-state index in [1.165, 1.54) is 35.5 Å². The van der Waals surface area contributed by atoms with Crippen molar-refractivity contribution in [2.45, 2.75) is 50.3 Å². The van der Waals surface area contributed by atoms with Gasteiger partial charge in [0.1, 0.15) is 11.4 Å². The van der Waals surface area contributed by atoms with Gasteiger partial charge in [0.2, 0.25) is 10.0 Å². The molecule has 1 saturated heterocycles. The molecule has 0 radical (unpaired) electrons. The molecule has 2 aromatic carbocycles. The summed E-state index contributed by atoms with van der Waals surface area (Å²) in [6, 6.07) is 11.2. The third-order valence-corrected chi connectivity index (χ3v) is 7.31. The van der Waals surface area contributed by atoms with Crippen LogP contribution in [0.2, 0.25) is 0 Å². The number of hydrogen-bond acceptors (Lipinski definition) is 7. The molecule has 0 spiro atoms. The Kier molecular flexibility index (Phi) is 8.79. The Bertz CT molecular complexity index is 1060. The number of ether oxygens (including phenoxy) is 1. The summed E-state index contributed by atoms with van der Waals surface area (Å²) in [5.74, 6) is 0.780. The summed E-state index contributed by atoms with van der Waals surface area (Å²) in [7, 11) is -3.74. The van der Waals surface area contributed by atoms with Crippen LogP contribution in [0.4, 0.5) is 11.4 Å². The van der Waals surface area contributed by atoms with E-state index >= 15 is 0 Å². The topological polar surface area (TPSA) is 114 Å². The molecule has 10 heteroatoms. The highest BCUT2D eigenvalue weighted by molar-refractivity contribution is 7.89. The van der Waals surface area contributed by atoms with Gasteiger partial charge in [-0.25, -0.2) is 8.42 Å². The van der Waals surface area contributed by atoms with Crippen LogP contribution in [0.5, 0.6) is 5.75 Å². The first-order valence-electron chi connectivity index (χ1n) is 11.2. The number of nitrogens with one attached hydrogen (secondary N) is 1. The Morgan fingerprint density at radius 2 is 1.85 bits per heavy atom. The van der Waals surface area contributed by atoms with Crippen LogP contribution < -0.4 is 10.2 Å². The van der Waals surface area contributed by atoms with Gasteiger partial charge < -0.3 is 4.74 Å². The second-order valence-corrected chi connectivity index (χ2v) is 9.83. The number of nitro benzene ring substituents is 1. The molecule has 1 aliphatic rings. The Morgan fingerprint density at radius 3 is 2.52 bits per heavy atom. The first-order chi connectivity index (χ1) is 15.9. The van der Waals surface area contributed by atoms with Gasteiger partial charge in [0.15, 0.2) is 0 Å². The maximum Gasteiger partial charge on any atom is 0.295 e. The van der Waals surface area contributed by atoms with Gasteiger partial charge in [0.05, 0.1) is 22.6 Å². The first kappa shape index (κ1) is 24.7. The van der Waals surface area contributed by atoms with Crippen molar-refractivity contribution in [2.24, 2.45) is 5.10 Å². The molecule has 0 aromatic heterocycles. The van der Waals surface area contributed by atoms with Gasteiger partial charge in [0.25, 0.3) is 5.69 Å². The van der Waals surface area contributed by atoms with Crippen molar-refractivity contribution in [1.29, 1.82) is 0 Å². The summed E-state index contributed by atoms with van der Waals surface area (Å²) in [6.07, 6.45) is 7.70. The minimum absolute atomic E-state index is 0.0871. The zero-order chi connectivity index (χ0) is 23.7.